The van der Waals surface area contributed by atoms with Gasteiger partial charge in [-0.3, -0.25) is 0 Å². The molecule has 1 heterocycles. The summed E-state index contributed by atoms with van der Waals surface area (Å²) in [5.41, 5.74) is 3.39. The van der Waals surface area contributed by atoms with Gasteiger partial charge in [0, 0.05) is 24.8 Å². The minimum Gasteiger partial charge on any atom is -0.325 e. The minimum atomic E-state index is 0.450. The molecule has 0 aliphatic carbocycles. The highest BCUT2D eigenvalue weighted by molar-refractivity contribution is 5.63. The molecule has 112 valence electrons. The molecule has 1 aromatic heterocycles. The number of anilines is 2. The molecule has 0 saturated carbocycles. The molecule has 21 heavy (non-hydrogen) atoms. The monoisotopic (exact) mass is 284 g/mol. The van der Waals surface area contributed by atoms with Crippen LogP contribution < -0.4 is 10.2 Å². The average molecular weight is 284 g/mol. The van der Waals surface area contributed by atoms with Gasteiger partial charge in [0.2, 0.25) is 0 Å². The van der Waals surface area contributed by atoms with E-state index in [9.17, 15) is 0 Å². The summed E-state index contributed by atoms with van der Waals surface area (Å²) >= 11 is 0. The highest BCUT2D eigenvalue weighted by Gasteiger charge is 2.11. The number of benzene rings is 1. The van der Waals surface area contributed by atoms with Crippen LogP contribution in [0.2, 0.25) is 0 Å². The summed E-state index contributed by atoms with van der Waals surface area (Å²) in [5.74, 6) is 0.889. The molecule has 0 spiro atoms. The smallest absolute Gasteiger partial charge is 0.155 e. The van der Waals surface area contributed by atoms with Crippen molar-refractivity contribution in [2.24, 2.45) is 0 Å². The number of nitrogens with zero attached hydrogens (tertiary/aromatic N) is 3. The maximum atomic E-state index is 4.38. The van der Waals surface area contributed by atoms with Crippen LogP contribution in [0.1, 0.15) is 32.0 Å². The van der Waals surface area contributed by atoms with Crippen molar-refractivity contribution < 1.29 is 0 Å². The molecule has 0 bridgehead atoms. The second-order valence-electron chi connectivity index (χ2n) is 5.45. The molecule has 4 nitrogen and oxygen atoms in total. The van der Waals surface area contributed by atoms with Gasteiger partial charge in [-0.25, -0.2) is 0 Å². The number of aryl methyl sites for hydroxylation is 1. The first-order chi connectivity index (χ1) is 10.1. The molecule has 1 aromatic carbocycles. The highest BCUT2D eigenvalue weighted by Crippen LogP contribution is 2.25. The van der Waals surface area contributed by atoms with E-state index in [0.29, 0.717) is 6.04 Å². The van der Waals surface area contributed by atoms with Gasteiger partial charge in [0.25, 0.3) is 0 Å². The van der Waals surface area contributed by atoms with Crippen LogP contribution in [0.25, 0.3) is 0 Å². The molecule has 2 rings (SSSR count). The number of nitrogens with one attached hydrogen (secondary N) is 1. The Labute approximate surface area is 127 Å². The highest BCUT2D eigenvalue weighted by atomic mass is 15.3. The van der Waals surface area contributed by atoms with Crippen molar-refractivity contribution in [1.29, 1.82) is 0 Å². The fourth-order valence-corrected chi connectivity index (χ4v) is 2.22. The zero-order valence-electron chi connectivity index (χ0n) is 13.3. The van der Waals surface area contributed by atoms with E-state index in [1.807, 2.05) is 12.1 Å². The SMILES string of the molecule is CCN(c1ccc(CNC(C)C)nn1)c1ccccc1C. The van der Waals surface area contributed by atoms with E-state index in [0.717, 1.165) is 24.6 Å². The van der Waals surface area contributed by atoms with Gasteiger partial charge in [0.15, 0.2) is 5.82 Å². The Balaban J connectivity index is 2.18. The Morgan fingerprint density at radius 1 is 1.10 bits per heavy atom. The summed E-state index contributed by atoms with van der Waals surface area (Å²) in [4.78, 5) is 2.18. The molecule has 0 aliphatic rings. The van der Waals surface area contributed by atoms with Crippen LogP contribution >= 0.6 is 0 Å². The summed E-state index contributed by atoms with van der Waals surface area (Å²) in [5, 5.41) is 12.1. The lowest BCUT2D eigenvalue weighted by molar-refractivity contribution is 0.577. The molecule has 0 amide bonds. The van der Waals surface area contributed by atoms with E-state index in [2.05, 4.69) is 72.4 Å². The van der Waals surface area contributed by atoms with Crippen molar-refractivity contribution in [3.8, 4) is 0 Å². The van der Waals surface area contributed by atoms with Gasteiger partial charge in [-0.05, 0) is 37.6 Å². The third-order valence-electron chi connectivity index (χ3n) is 3.40. The first-order valence-corrected chi connectivity index (χ1v) is 7.51. The van der Waals surface area contributed by atoms with Gasteiger partial charge in [-0.2, -0.15) is 5.10 Å². The molecule has 2 aromatic rings. The summed E-state index contributed by atoms with van der Waals surface area (Å²) in [6, 6.07) is 12.9. The van der Waals surface area contributed by atoms with Gasteiger partial charge < -0.3 is 10.2 Å². The van der Waals surface area contributed by atoms with Crippen molar-refractivity contribution in [3.63, 3.8) is 0 Å². The lowest BCUT2D eigenvalue weighted by Gasteiger charge is -2.23. The third kappa shape index (κ3) is 4.02. The molecular formula is C17H24N4. The molecular weight excluding hydrogens is 260 g/mol. The topological polar surface area (TPSA) is 41.0 Å². The summed E-state index contributed by atoms with van der Waals surface area (Å²) in [6.07, 6.45) is 0. The minimum absolute atomic E-state index is 0.450. The predicted molar refractivity (Wildman–Crippen MR) is 87.9 cm³/mol. The third-order valence-corrected chi connectivity index (χ3v) is 3.40. The normalized spacial score (nSPS) is 10.9. The fourth-order valence-electron chi connectivity index (χ4n) is 2.22. The van der Waals surface area contributed by atoms with Crippen molar-refractivity contribution in [2.45, 2.75) is 40.3 Å². The maximum Gasteiger partial charge on any atom is 0.155 e. The van der Waals surface area contributed by atoms with Crippen LogP contribution in [0.15, 0.2) is 36.4 Å². The summed E-state index contributed by atoms with van der Waals surface area (Å²) < 4.78 is 0. The van der Waals surface area contributed by atoms with E-state index < -0.39 is 0 Å². The Hall–Kier alpha value is -1.94. The standard InChI is InChI=1S/C17H24N4/c1-5-21(16-9-7-6-8-14(16)4)17-11-10-15(19-20-17)12-18-13(2)3/h6-11,13,18H,5,12H2,1-4H3. The van der Waals surface area contributed by atoms with Crippen LogP contribution in [0.4, 0.5) is 11.5 Å². The number of rotatable bonds is 6. The Kier molecular flexibility index (Phi) is 5.28. The van der Waals surface area contributed by atoms with Gasteiger partial charge in [-0.1, -0.05) is 32.0 Å². The second-order valence-corrected chi connectivity index (χ2v) is 5.45. The fraction of sp³-hybridized carbons (Fsp3) is 0.412. The van der Waals surface area contributed by atoms with Crippen LogP contribution in [0.5, 0.6) is 0 Å². The first kappa shape index (κ1) is 15.4. The lowest BCUT2D eigenvalue weighted by atomic mass is 10.2. The predicted octanol–water partition coefficient (Wildman–Crippen LogP) is 3.44. The Morgan fingerprint density at radius 3 is 2.43 bits per heavy atom. The lowest BCUT2D eigenvalue weighted by Crippen LogP contribution is -2.23. The molecule has 0 fully saturated rings. The van der Waals surface area contributed by atoms with Crippen molar-refractivity contribution in [2.75, 3.05) is 11.4 Å². The van der Waals surface area contributed by atoms with E-state index in [-0.39, 0.29) is 0 Å². The van der Waals surface area contributed by atoms with Gasteiger partial charge in [-0.15, -0.1) is 5.10 Å². The summed E-state index contributed by atoms with van der Waals surface area (Å²) in [6.45, 7) is 10.1. The number of para-hydroxylation sites is 1. The molecule has 4 heteroatoms. The van der Waals surface area contributed by atoms with Crippen molar-refractivity contribution in [1.82, 2.24) is 15.5 Å². The maximum absolute atomic E-state index is 4.38. The summed E-state index contributed by atoms with van der Waals surface area (Å²) in [7, 11) is 0. The Morgan fingerprint density at radius 2 is 1.86 bits per heavy atom. The van der Waals surface area contributed by atoms with E-state index >= 15 is 0 Å². The first-order valence-electron chi connectivity index (χ1n) is 7.51. The van der Waals surface area contributed by atoms with Gasteiger partial charge >= 0.3 is 0 Å². The average Bonchev–Trinajstić information content (AvgIpc) is 2.49. The van der Waals surface area contributed by atoms with Crippen LogP contribution in [-0.4, -0.2) is 22.8 Å². The van der Waals surface area contributed by atoms with E-state index in [1.54, 1.807) is 0 Å². The number of hydrogen-bond donors (Lipinski definition) is 1. The largest absolute Gasteiger partial charge is 0.325 e. The van der Waals surface area contributed by atoms with Crippen LogP contribution in [0, 0.1) is 6.92 Å². The van der Waals surface area contributed by atoms with Gasteiger partial charge in [0.1, 0.15) is 0 Å². The molecule has 0 atom stereocenters. The van der Waals surface area contributed by atoms with Crippen molar-refractivity contribution in [3.05, 3.63) is 47.7 Å². The number of aromatic nitrogens is 2. The molecule has 0 unspecified atom stereocenters. The van der Waals surface area contributed by atoms with Crippen molar-refractivity contribution >= 4 is 11.5 Å². The van der Waals surface area contributed by atoms with E-state index in [4.69, 9.17) is 0 Å². The quantitative estimate of drug-likeness (QED) is 0.882. The van der Waals surface area contributed by atoms with E-state index in [1.165, 1.54) is 11.3 Å². The molecule has 0 radical (unpaired) electrons. The zero-order valence-corrected chi connectivity index (χ0v) is 13.3. The van der Waals surface area contributed by atoms with Gasteiger partial charge in [0.05, 0.1) is 5.69 Å². The van der Waals surface area contributed by atoms with Crippen LogP contribution in [-0.2, 0) is 6.54 Å². The molecule has 1 N–H and O–H groups in total. The zero-order chi connectivity index (χ0) is 15.2. The molecule has 0 saturated heterocycles. The molecule has 0 aliphatic heterocycles. The number of hydrogen-bond acceptors (Lipinski definition) is 4. The second kappa shape index (κ2) is 7.18. The Bertz CT molecular complexity index is 563. The van der Waals surface area contributed by atoms with Crippen LogP contribution in [0.3, 0.4) is 0 Å².